The molecule has 158 valence electrons. The van der Waals surface area contributed by atoms with E-state index in [4.69, 9.17) is 0 Å². The predicted octanol–water partition coefficient (Wildman–Crippen LogP) is 3.27. The summed E-state index contributed by atoms with van der Waals surface area (Å²) in [4.78, 5) is 18.0. The molecule has 1 heterocycles. The molecule has 10 heteroatoms. The van der Waals surface area contributed by atoms with E-state index in [0.29, 0.717) is 37.6 Å². The van der Waals surface area contributed by atoms with Gasteiger partial charge >= 0.3 is 6.36 Å². The third-order valence-corrected chi connectivity index (χ3v) is 4.13. The lowest BCUT2D eigenvalue weighted by Crippen LogP contribution is -2.45. The Hall–Kier alpha value is -1.72. The maximum Gasteiger partial charge on any atom is 0.573 e. The summed E-state index contributed by atoms with van der Waals surface area (Å²) >= 11 is 0. The number of guanidine groups is 1. The highest BCUT2D eigenvalue weighted by Gasteiger charge is 2.32. The SMILES string of the molecule is CCNC(=NCc1ccccc1OC(F)(F)F)NC1CCN(C(=O)CC)C1.I. The number of ether oxygens (including phenoxy) is 1. The van der Waals surface area contributed by atoms with Crippen LogP contribution in [0.15, 0.2) is 29.3 Å². The lowest BCUT2D eigenvalue weighted by atomic mass is 10.2. The molecule has 28 heavy (non-hydrogen) atoms. The number of amides is 1. The highest BCUT2D eigenvalue weighted by Crippen LogP contribution is 2.26. The van der Waals surface area contributed by atoms with Gasteiger partial charge in [0.2, 0.25) is 5.91 Å². The minimum Gasteiger partial charge on any atom is -0.405 e. The maximum absolute atomic E-state index is 12.5. The number of alkyl halides is 3. The van der Waals surface area contributed by atoms with Crippen molar-refractivity contribution in [2.75, 3.05) is 19.6 Å². The highest BCUT2D eigenvalue weighted by molar-refractivity contribution is 14.0. The number of nitrogens with one attached hydrogen (secondary N) is 2. The first-order chi connectivity index (χ1) is 12.8. The number of para-hydroxylation sites is 1. The highest BCUT2D eigenvalue weighted by atomic mass is 127. The van der Waals surface area contributed by atoms with Crippen molar-refractivity contribution in [3.63, 3.8) is 0 Å². The van der Waals surface area contributed by atoms with Crippen LogP contribution < -0.4 is 15.4 Å². The second-order valence-electron chi connectivity index (χ2n) is 6.17. The van der Waals surface area contributed by atoms with E-state index in [1.54, 1.807) is 17.0 Å². The lowest BCUT2D eigenvalue weighted by molar-refractivity contribution is -0.274. The van der Waals surface area contributed by atoms with Crippen LogP contribution in [-0.4, -0.2) is 48.8 Å². The topological polar surface area (TPSA) is 66.0 Å². The number of hydrogen-bond donors (Lipinski definition) is 2. The summed E-state index contributed by atoms with van der Waals surface area (Å²) < 4.78 is 41.6. The molecule has 2 rings (SSSR count). The molecule has 0 saturated carbocycles. The van der Waals surface area contributed by atoms with E-state index >= 15 is 0 Å². The van der Waals surface area contributed by atoms with Crippen molar-refractivity contribution < 1.29 is 22.7 Å². The Morgan fingerprint density at radius 1 is 1.32 bits per heavy atom. The summed E-state index contributed by atoms with van der Waals surface area (Å²) in [5, 5.41) is 6.32. The third kappa shape index (κ3) is 7.72. The molecule has 1 amide bonds. The van der Waals surface area contributed by atoms with E-state index in [-0.39, 0.29) is 48.2 Å². The first kappa shape index (κ1) is 24.3. The Balaban J connectivity index is 0.00000392. The first-order valence-electron chi connectivity index (χ1n) is 8.98. The van der Waals surface area contributed by atoms with Gasteiger partial charge in [0, 0.05) is 37.7 Å². The zero-order chi connectivity index (χ0) is 19.9. The molecule has 1 aliphatic heterocycles. The fraction of sp³-hybridized carbons (Fsp3) is 0.556. The Morgan fingerprint density at radius 3 is 2.68 bits per heavy atom. The van der Waals surface area contributed by atoms with Gasteiger partial charge in [0.15, 0.2) is 5.96 Å². The molecule has 0 radical (unpaired) electrons. The average molecular weight is 514 g/mol. The fourth-order valence-corrected chi connectivity index (χ4v) is 2.86. The van der Waals surface area contributed by atoms with Crippen LogP contribution in [0.25, 0.3) is 0 Å². The van der Waals surface area contributed by atoms with Crippen molar-refractivity contribution in [1.29, 1.82) is 0 Å². The summed E-state index contributed by atoms with van der Waals surface area (Å²) in [6.45, 7) is 5.65. The van der Waals surface area contributed by atoms with Gasteiger partial charge in [-0.25, -0.2) is 4.99 Å². The minimum absolute atomic E-state index is 0. The number of benzene rings is 1. The molecule has 1 atom stereocenters. The molecule has 0 aliphatic carbocycles. The molecule has 0 aromatic heterocycles. The summed E-state index contributed by atoms with van der Waals surface area (Å²) in [6, 6.07) is 5.99. The minimum atomic E-state index is -4.75. The third-order valence-electron chi connectivity index (χ3n) is 4.13. The standard InChI is InChI=1S/C18H25F3N4O2.HI/c1-3-16(26)25-10-9-14(12-25)24-17(22-4-2)23-11-13-7-5-6-8-15(13)27-18(19,20)21;/h5-8,14H,3-4,9-12H2,1-2H3,(H2,22,23,24);1H. The molecule has 1 aromatic rings. The molecule has 0 bridgehead atoms. The number of hydrogen-bond acceptors (Lipinski definition) is 3. The van der Waals surface area contributed by atoms with E-state index in [0.717, 1.165) is 6.42 Å². The van der Waals surface area contributed by atoms with Gasteiger partial charge in [-0.3, -0.25) is 4.79 Å². The second kappa shape index (κ2) is 11.3. The largest absolute Gasteiger partial charge is 0.573 e. The van der Waals surface area contributed by atoms with Crippen LogP contribution in [0.3, 0.4) is 0 Å². The summed E-state index contributed by atoms with van der Waals surface area (Å²) in [7, 11) is 0. The van der Waals surface area contributed by atoms with Gasteiger partial charge in [0.05, 0.1) is 6.54 Å². The smallest absolute Gasteiger partial charge is 0.405 e. The van der Waals surface area contributed by atoms with Crippen LogP contribution in [0.4, 0.5) is 13.2 Å². The van der Waals surface area contributed by atoms with Gasteiger partial charge in [-0.1, -0.05) is 25.1 Å². The van der Waals surface area contributed by atoms with Crippen molar-refractivity contribution in [3.8, 4) is 5.75 Å². The normalized spacial score (nSPS) is 17.1. The van der Waals surface area contributed by atoms with Gasteiger partial charge < -0.3 is 20.3 Å². The van der Waals surface area contributed by atoms with Gasteiger partial charge in [-0.05, 0) is 19.4 Å². The molecule has 2 N–H and O–H groups in total. The monoisotopic (exact) mass is 514 g/mol. The van der Waals surface area contributed by atoms with E-state index in [1.807, 2.05) is 13.8 Å². The van der Waals surface area contributed by atoms with Crippen LogP contribution in [0, 0.1) is 0 Å². The Bertz CT molecular complexity index is 670. The van der Waals surface area contributed by atoms with Crippen molar-refractivity contribution in [3.05, 3.63) is 29.8 Å². The fourth-order valence-electron chi connectivity index (χ4n) is 2.86. The number of carbonyl (C=O) groups excluding carboxylic acids is 1. The molecule has 1 saturated heterocycles. The zero-order valence-electron chi connectivity index (χ0n) is 15.9. The van der Waals surface area contributed by atoms with Crippen LogP contribution >= 0.6 is 24.0 Å². The van der Waals surface area contributed by atoms with Crippen LogP contribution in [0.2, 0.25) is 0 Å². The van der Waals surface area contributed by atoms with Crippen molar-refractivity contribution in [2.24, 2.45) is 4.99 Å². The van der Waals surface area contributed by atoms with Crippen molar-refractivity contribution in [2.45, 2.75) is 45.6 Å². The van der Waals surface area contributed by atoms with Gasteiger partial charge in [0.1, 0.15) is 5.75 Å². The van der Waals surface area contributed by atoms with E-state index in [9.17, 15) is 18.0 Å². The summed E-state index contributed by atoms with van der Waals surface area (Å²) in [5.41, 5.74) is 0.334. The Morgan fingerprint density at radius 2 is 2.04 bits per heavy atom. The molecule has 1 aromatic carbocycles. The summed E-state index contributed by atoms with van der Waals surface area (Å²) in [6.07, 6.45) is -3.48. The van der Waals surface area contributed by atoms with Gasteiger partial charge in [0.25, 0.3) is 0 Å². The Labute approximate surface area is 179 Å². The van der Waals surface area contributed by atoms with E-state index < -0.39 is 6.36 Å². The van der Waals surface area contributed by atoms with Gasteiger partial charge in [-0.2, -0.15) is 0 Å². The zero-order valence-corrected chi connectivity index (χ0v) is 18.2. The van der Waals surface area contributed by atoms with E-state index in [2.05, 4.69) is 20.4 Å². The number of halogens is 4. The summed E-state index contributed by atoms with van der Waals surface area (Å²) in [5.74, 6) is 0.347. The number of aliphatic imine (C=N–C) groups is 1. The van der Waals surface area contributed by atoms with E-state index in [1.165, 1.54) is 12.1 Å². The molecular weight excluding hydrogens is 488 g/mol. The van der Waals surface area contributed by atoms with Crippen LogP contribution in [-0.2, 0) is 11.3 Å². The quantitative estimate of drug-likeness (QED) is 0.348. The first-order valence-corrected chi connectivity index (χ1v) is 8.98. The molecule has 6 nitrogen and oxygen atoms in total. The number of carbonyl (C=O) groups is 1. The number of rotatable bonds is 6. The maximum atomic E-state index is 12.5. The van der Waals surface area contributed by atoms with Crippen molar-refractivity contribution >= 4 is 35.8 Å². The lowest BCUT2D eigenvalue weighted by Gasteiger charge is -2.19. The Kier molecular flexibility index (Phi) is 9.83. The molecule has 1 aliphatic rings. The molecule has 1 fully saturated rings. The second-order valence-corrected chi connectivity index (χ2v) is 6.17. The number of nitrogens with zero attached hydrogens (tertiary/aromatic N) is 2. The molecular formula is C18H26F3IN4O2. The van der Waals surface area contributed by atoms with Gasteiger partial charge in [-0.15, -0.1) is 37.1 Å². The molecule has 1 unspecified atom stereocenters. The van der Waals surface area contributed by atoms with Crippen molar-refractivity contribution in [1.82, 2.24) is 15.5 Å². The van der Waals surface area contributed by atoms with Crippen LogP contribution in [0.5, 0.6) is 5.75 Å². The molecule has 0 spiro atoms. The number of likely N-dealkylation sites (tertiary alicyclic amines) is 1. The van der Waals surface area contributed by atoms with Crippen LogP contribution in [0.1, 0.15) is 32.3 Å². The predicted molar refractivity (Wildman–Crippen MR) is 112 cm³/mol. The average Bonchev–Trinajstić information content (AvgIpc) is 3.07.